The van der Waals surface area contributed by atoms with Crippen LogP contribution in [-0.2, 0) is 17.9 Å². The van der Waals surface area contributed by atoms with Crippen molar-refractivity contribution in [2.75, 3.05) is 6.54 Å². The molecule has 0 bridgehead atoms. The van der Waals surface area contributed by atoms with Crippen LogP contribution in [0.2, 0.25) is 0 Å². The molecule has 1 saturated heterocycles. The highest BCUT2D eigenvalue weighted by molar-refractivity contribution is 5.81. The average Bonchev–Trinajstić information content (AvgIpc) is 3.10. The first-order valence-electron chi connectivity index (χ1n) is 9.15. The Morgan fingerprint density at radius 3 is 2.92 bits per heavy atom. The van der Waals surface area contributed by atoms with Gasteiger partial charge in [0.05, 0.1) is 18.1 Å². The number of imidazole rings is 1. The van der Waals surface area contributed by atoms with Crippen LogP contribution in [0.4, 0.5) is 0 Å². The van der Waals surface area contributed by atoms with E-state index in [0.717, 1.165) is 43.7 Å². The number of nitrogens with one attached hydrogen (secondary N) is 2. The lowest BCUT2D eigenvalue weighted by Gasteiger charge is -2.34. The SMILES string of the molecule is O=C(NCc1nc2ncccc2[nH]1)[C@@H]1CCCCN1Cc1ccccc1. The molecule has 26 heavy (non-hydrogen) atoms. The third kappa shape index (κ3) is 3.75. The number of H-pyrrole nitrogens is 1. The lowest BCUT2D eigenvalue weighted by atomic mass is 10.0. The summed E-state index contributed by atoms with van der Waals surface area (Å²) < 4.78 is 0. The molecule has 0 aliphatic carbocycles. The van der Waals surface area contributed by atoms with Crippen LogP contribution >= 0.6 is 0 Å². The van der Waals surface area contributed by atoms with Crippen LogP contribution in [-0.4, -0.2) is 38.3 Å². The van der Waals surface area contributed by atoms with E-state index < -0.39 is 0 Å². The number of aromatic nitrogens is 3. The lowest BCUT2D eigenvalue weighted by molar-refractivity contribution is -0.128. The van der Waals surface area contributed by atoms with Gasteiger partial charge in [0.1, 0.15) is 5.82 Å². The third-order valence-corrected chi connectivity index (χ3v) is 4.88. The predicted octanol–water partition coefficient (Wildman–Crippen LogP) is 2.63. The molecule has 4 rings (SSSR count). The number of piperidine rings is 1. The van der Waals surface area contributed by atoms with Gasteiger partial charge in [-0.05, 0) is 37.1 Å². The largest absolute Gasteiger partial charge is 0.348 e. The molecule has 1 aliphatic rings. The van der Waals surface area contributed by atoms with E-state index in [-0.39, 0.29) is 11.9 Å². The Morgan fingerprint density at radius 2 is 2.08 bits per heavy atom. The number of hydrogen-bond donors (Lipinski definition) is 2. The smallest absolute Gasteiger partial charge is 0.237 e. The molecule has 3 heterocycles. The van der Waals surface area contributed by atoms with E-state index >= 15 is 0 Å². The van der Waals surface area contributed by atoms with Gasteiger partial charge in [-0.3, -0.25) is 9.69 Å². The van der Waals surface area contributed by atoms with Crippen molar-refractivity contribution in [1.29, 1.82) is 0 Å². The van der Waals surface area contributed by atoms with Crippen LogP contribution < -0.4 is 5.32 Å². The molecule has 2 aromatic heterocycles. The summed E-state index contributed by atoms with van der Waals surface area (Å²) in [7, 11) is 0. The molecule has 1 atom stereocenters. The van der Waals surface area contributed by atoms with Gasteiger partial charge >= 0.3 is 0 Å². The Bertz CT molecular complexity index is 843. The highest BCUT2D eigenvalue weighted by Gasteiger charge is 2.28. The van der Waals surface area contributed by atoms with Crippen molar-refractivity contribution in [3.8, 4) is 0 Å². The fourth-order valence-corrected chi connectivity index (χ4v) is 3.56. The second-order valence-corrected chi connectivity index (χ2v) is 6.74. The highest BCUT2D eigenvalue weighted by Crippen LogP contribution is 2.20. The molecule has 6 heteroatoms. The van der Waals surface area contributed by atoms with E-state index in [2.05, 4.69) is 37.3 Å². The number of nitrogens with zero attached hydrogens (tertiary/aromatic N) is 3. The summed E-state index contributed by atoms with van der Waals surface area (Å²) in [5.74, 6) is 0.812. The minimum atomic E-state index is -0.0774. The van der Waals surface area contributed by atoms with Crippen molar-refractivity contribution >= 4 is 17.1 Å². The first kappa shape index (κ1) is 16.7. The molecule has 1 aromatic carbocycles. The van der Waals surface area contributed by atoms with E-state index in [1.807, 2.05) is 30.3 Å². The minimum absolute atomic E-state index is 0.0774. The van der Waals surface area contributed by atoms with Crippen LogP contribution in [0.3, 0.4) is 0 Å². The normalized spacial score (nSPS) is 18.1. The number of carbonyl (C=O) groups is 1. The van der Waals surface area contributed by atoms with Gasteiger partial charge in [0.25, 0.3) is 0 Å². The predicted molar refractivity (Wildman–Crippen MR) is 100 cm³/mol. The lowest BCUT2D eigenvalue weighted by Crippen LogP contribution is -2.48. The molecule has 2 N–H and O–H groups in total. The number of fused-ring (bicyclic) bond motifs is 1. The fraction of sp³-hybridized carbons (Fsp3) is 0.350. The van der Waals surface area contributed by atoms with Gasteiger partial charge in [-0.15, -0.1) is 0 Å². The molecule has 0 saturated carbocycles. The fourth-order valence-electron chi connectivity index (χ4n) is 3.56. The van der Waals surface area contributed by atoms with Gasteiger partial charge in [0.2, 0.25) is 5.91 Å². The molecular formula is C20H23N5O. The average molecular weight is 349 g/mol. The van der Waals surface area contributed by atoms with Crippen LogP contribution in [0.5, 0.6) is 0 Å². The Balaban J connectivity index is 1.40. The zero-order valence-electron chi connectivity index (χ0n) is 14.7. The first-order chi connectivity index (χ1) is 12.8. The van der Waals surface area contributed by atoms with Gasteiger partial charge in [0, 0.05) is 12.7 Å². The maximum atomic E-state index is 12.8. The van der Waals surface area contributed by atoms with Crippen molar-refractivity contribution in [1.82, 2.24) is 25.2 Å². The van der Waals surface area contributed by atoms with Crippen molar-refractivity contribution in [2.24, 2.45) is 0 Å². The van der Waals surface area contributed by atoms with Crippen LogP contribution in [0, 0.1) is 0 Å². The van der Waals surface area contributed by atoms with Crippen molar-refractivity contribution in [2.45, 2.75) is 38.4 Å². The van der Waals surface area contributed by atoms with Crippen molar-refractivity contribution in [3.05, 3.63) is 60.0 Å². The zero-order valence-corrected chi connectivity index (χ0v) is 14.7. The number of aromatic amines is 1. The molecular weight excluding hydrogens is 326 g/mol. The third-order valence-electron chi connectivity index (χ3n) is 4.88. The number of amides is 1. The molecule has 0 spiro atoms. The second kappa shape index (κ2) is 7.66. The molecule has 0 unspecified atom stereocenters. The zero-order chi connectivity index (χ0) is 17.8. The maximum Gasteiger partial charge on any atom is 0.237 e. The van der Waals surface area contributed by atoms with Gasteiger partial charge in [-0.2, -0.15) is 0 Å². The summed E-state index contributed by atoms with van der Waals surface area (Å²) in [6.07, 6.45) is 4.86. The van der Waals surface area contributed by atoms with Gasteiger partial charge < -0.3 is 10.3 Å². The summed E-state index contributed by atoms with van der Waals surface area (Å²) in [6.45, 7) is 2.17. The molecule has 6 nitrogen and oxygen atoms in total. The molecule has 3 aromatic rings. The topological polar surface area (TPSA) is 73.9 Å². The second-order valence-electron chi connectivity index (χ2n) is 6.74. The molecule has 1 amide bonds. The van der Waals surface area contributed by atoms with E-state index in [4.69, 9.17) is 0 Å². The Hall–Kier alpha value is -2.73. The maximum absolute atomic E-state index is 12.8. The summed E-state index contributed by atoms with van der Waals surface area (Å²) in [4.78, 5) is 26.9. The Kier molecular flexibility index (Phi) is 4.93. The molecule has 1 fully saturated rings. The van der Waals surface area contributed by atoms with Gasteiger partial charge in [0.15, 0.2) is 5.65 Å². The van der Waals surface area contributed by atoms with Crippen molar-refractivity contribution in [3.63, 3.8) is 0 Å². The molecule has 134 valence electrons. The van der Waals surface area contributed by atoms with Crippen LogP contribution in [0.1, 0.15) is 30.7 Å². The standard InChI is InChI=1S/C20H23N5O/c26-20(22-13-18-23-16-9-6-11-21-19(16)24-18)17-10-4-5-12-25(17)14-15-7-2-1-3-8-15/h1-3,6-9,11,17H,4-5,10,12-14H2,(H,22,26)(H,21,23,24)/t17-/m0/s1. The first-order valence-corrected chi connectivity index (χ1v) is 9.15. The summed E-state index contributed by atoms with van der Waals surface area (Å²) >= 11 is 0. The molecule has 0 radical (unpaired) electrons. The Labute approximate surface area is 152 Å². The van der Waals surface area contributed by atoms with Crippen molar-refractivity contribution < 1.29 is 4.79 Å². The number of likely N-dealkylation sites (tertiary alicyclic amines) is 1. The highest BCUT2D eigenvalue weighted by atomic mass is 16.2. The number of rotatable bonds is 5. The van der Waals surface area contributed by atoms with Gasteiger partial charge in [-0.1, -0.05) is 36.8 Å². The number of carbonyl (C=O) groups excluding carboxylic acids is 1. The number of pyridine rings is 1. The van der Waals surface area contributed by atoms with E-state index in [1.165, 1.54) is 5.56 Å². The monoisotopic (exact) mass is 349 g/mol. The van der Waals surface area contributed by atoms with E-state index in [0.29, 0.717) is 12.2 Å². The van der Waals surface area contributed by atoms with E-state index in [1.54, 1.807) is 6.20 Å². The Morgan fingerprint density at radius 1 is 1.19 bits per heavy atom. The summed E-state index contributed by atoms with van der Waals surface area (Å²) in [5.41, 5.74) is 2.82. The van der Waals surface area contributed by atoms with Crippen LogP contribution in [0.15, 0.2) is 48.7 Å². The van der Waals surface area contributed by atoms with Gasteiger partial charge in [-0.25, -0.2) is 9.97 Å². The van der Waals surface area contributed by atoms with Crippen LogP contribution in [0.25, 0.3) is 11.2 Å². The minimum Gasteiger partial charge on any atom is -0.348 e. The van der Waals surface area contributed by atoms with E-state index in [9.17, 15) is 4.79 Å². The quantitative estimate of drug-likeness (QED) is 0.743. The summed E-state index contributed by atoms with van der Waals surface area (Å²) in [6, 6.07) is 14.1. The number of benzene rings is 1. The summed E-state index contributed by atoms with van der Waals surface area (Å²) in [5, 5.41) is 3.04. The molecule has 1 aliphatic heterocycles. The number of hydrogen-bond acceptors (Lipinski definition) is 4.